The van der Waals surface area contributed by atoms with Gasteiger partial charge < -0.3 is 14.6 Å². The van der Waals surface area contributed by atoms with Crippen molar-refractivity contribution in [3.63, 3.8) is 0 Å². The number of para-hydroxylation sites is 1. The lowest BCUT2D eigenvalue weighted by molar-refractivity contribution is 0.0688. The van der Waals surface area contributed by atoms with Gasteiger partial charge in [0.15, 0.2) is 0 Å². The molecule has 5 heteroatoms. The maximum absolute atomic E-state index is 11.2. The Balaban J connectivity index is 1.68. The van der Waals surface area contributed by atoms with Gasteiger partial charge >= 0.3 is 5.97 Å². The fourth-order valence-electron chi connectivity index (χ4n) is 2.32. The van der Waals surface area contributed by atoms with Crippen molar-refractivity contribution in [3.8, 4) is 11.5 Å². The van der Waals surface area contributed by atoms with Gasteiger partial charge in [-0.15, -0.1) is 0 Å². The minimum atomic E-state index is -1.01. The molecule has 0 amide bonds. The third-order valence-corrected chi connectivity index (χ3v) is 3.80. The minimum Gasteiger partial charge on any atom is -0.489 e. The summed E-state index contributed by atoms with van der Waals surface area (Å²) in [6.45, 7) is 0.316. The molecular formula is C16H13BrO4. The lowest BCUT2D eigenvalue weighted by Crippen LogP contribution is -2.23. The molecule has 0 saturated heterocycles. The van der Waals surface area contributed by atoms with Gasteiger partial charge in [-0.3, -0.25) is 0 Å². The van der Waals surface area contributed by atoms with Crippen LogP contribution in [-0.2, 0) is 6.42 Å². The van der Waals surface area contributed by atoms with Gasteiger partial charge in [0.2, 0.25) is 0 Å². The normalized spacial score (nSPS) is 16.1. The molecule has 4 nitrogen and oxygen atoms in total. The van der Waals surface area contributed by atoms with Gasteiger partial charge in [-0.05, 0) is 29.8 Å². The smallest absolute Gasteiger partial charge is 0.339 e. The van der Waals surface area contributed by atoms with Crippen LogP contribution < -0.4 is 9.47 Å². The van der Waals surface area contributed by atoms with Gasteiger partial charge in [-0.25, -0.2) is 4.79 Å². The number of hydrogen-bond donors (Lipinski definition) is 1. The number of fused-ring (bicyclic) bond motifs is 1. The van der Waals surface area contributed by atoms with E-state index >= 15 is 0 Å². The zero-order chi connectivity index (χ0) is 14.8. The van der Waals surface area contributed by atoms with E-state index in [9.17, 15) is 9.90 Å². The van der Waals surface area contributed by atoms with Crippen molar-refractivity contribution in [2.45, 2.75) is 12.5 Å². The van der Waals surface area contributed by atoms with E-state index in [0.717, 1.165) is 17.7 Å². The van der Waals surface area contributed by atoms with Gasteiger partial charge in [0.1, 0.15) is 29.8 Å². The zero-order valence-electron chi connectivity index (χ0n) is 11.1. The molecule has 3 rings (SSSR count). The Kier molecular flexibility index (Phi) is 3.84. The Morgan fingerprint density at radius 2 is 2.14 bits per heavy atom. The van der Waals surface area contributed by atoms with Crippen LogP contribution in [-0.4, -0.2) is 23.8 Å². The van der Waals surface area contributed by atoms with Crippen LogP contribution in [0.4, 0.5) is 0 Å². The summed E-state index contributed by atoms with van der Waals surface area (Å²) in [6.07, 6.45) is 0.683. The largest absolute Gasteiger partial charge is 0.489 e. The molecule has 0 bridgehead atoms. The second-order valence-corrected chi connectivity index (χ2v) is 5.72. The van der Waals surface area contributed by atoms with Crippen molar-refractivity contribution in [1.82, 2.24) is 0 Å². The summed E-state index contributed by atoms with van der Waals surface area (Å²) >= 11 is 3.26. The number of carboxylic acids is 1. The molecule has 0 radical (unpaired) electrons. The first-order chi connectivity index (χ1) is 10.1. The molecule has 1 heterocycles. The first-order valence-electron chi connectivity index (χ1n) is 6.53. The van der Waals surface area contributed by atoms with E-state index in [1.54, 1.807) is 12.1 Å². The molecule has 108 valence electrons. The Morgan fingerprint density at radius 1 is 1.33 bits per heavy atom. The van der Waals surface area contributed by atoms with Crippen molar-refractivity contribution in [3.05, 3.63) is 58.1 Å². The van der Waals surface area contributed by atoms with E-state index in [4.69, 9.17) is 9.47 Å². The molecule has 0 fully saturated rings. The number of benzene rings is 2. The quantitative estimate of drug-likeness (QED) is 0.918. The Labute approximate surface area is 130 Å². The zero-order valence-corrected chi connectivity index (χ0v) is 12.7. The lowest BCUT2D eigenvalue weighted by Gasteiger charge is -2.14. The SMILES string of the molecule is O=C(O)c1cc(Br)ccc1OCC1Cc2ccccc2O1. The van der Waals surface area contributed by atoms with E-state index in [0.29, 0.717) is 16.8 Å². The number of ether oxygens (including phenoxy) is 2. The van der Waals surface area contributed by atoms with E-state index in [2.05, 4.69) is 15.9 Å². The average Bonchev–Trinajstić information content (AvgIpc) is 2.88. The molecule has 2 aromatic rings. The van der Waals surface area contributed by atoms with Gasteiger partial charge in [0.25, 0.3) is 0 Å². The van der Waals surface area contributed by atoms with E-state index in [1.165, 1.54) is 6.07 Å². The highest BCUT2D eigenvalue weighted by Gasteiger charge is 2.23. The summed E-state index contributed by atoms with van der Waals surface area (Å²) in [5, 5.41) is 9.19. The molecule has 1 atom stereocenters. The molecule has 0 spiro atoms. The van der Waals surface area contributed by atoms with Gasteiger partial charge in [-0.2, -0.15) is 0 Å². The highest BCUT2D eigenvalue weighted by molar-refractivity contribution is 9.10. The molecule has 2 aromatic carbocycles. The first-order valence-corrected chi connectivity index (χ1v) is 7.33. The molecule has 0 aromatic heterocycles. The summed E-state index contributed by atoms with van der Waals surface area (Å²) in [5.74, 6) is 0.215. The first kappa shape index (κ1) is 13.9. The summed E-state index contributed by atoms with van der Waals surface area (Å²) in [5.41, 5.74) is 1.29. The van der Waals surface area contributed by atoms with E-state index < -0.39 is 5.97 Å². The van der Waals surface area contributed by atoms with Crippen LogP contribution in [0.1, 0.15) is 15.9 Å². The summed E-state index contributed by atoms with van der Waals surface area (Å²) in [6, 6.07) is 12.8. The fourth-order valence-corrected chi connectivity index (χ4v) is 2.69. The number of carboxylic acid groups (broad SMARTS) is 1. The highest BCUT2D eigenvalue weighted by atomic mass is 79.9. The van der Waals surface area contributed by atoms with Crippen LogP contribution in [0.5, 0.6) is 11.5 Å². The molecule has 1 aliphatic rings. The average molecular weight is 349 g/mol. The van der Waals surface area contributed by atoms with Crippen LogP contribution in [0.15, 0.2) is 46.9 Å². The van der Waals surface area contributed by atoms with Crippen LogP contribution in [0.3, 0.4) is 0 Å². The Morgan fingerprint density at radius 3 is 2.90 bits per heavy atom. The van der Waals surface area contributed by atoms with Gasteiger partial charge in [0, 0.05) is 10.9 Å². The maximum Gasteiger partial charge on any atom is 0.339 e. The number of carbonyl (C=O) groups is 1. The standard InChI is InChI=1S/C16H13BrO4/c17-11-5-6-15(13(8-11)16(18)19)20-9-12-7-10-3-1-2-4-14(10)21-12/h1-6,8,12H,7,9H2,(H,18,19). The van der Waals surface area contributed by atoms with E-state index in [1.807, 2.05) is 24.3 Å². The Bertz CT molecular complexity index is 659. The van der Waals surface area contributed by atoms with E-state index in [-0.39, 0.29) is 11.7 Å². The second-order valence-electron chi connectivity index (χ2n) is 4.81. The lowest BCUT2D eigenvalue weighted by atomic mass is 10.1. The fraction of sp³-hybridized carbons (Fsp3) is 0.188. The van der Waals surface area contributed by atoms with Crippen molar-refractivity contribution in [2.75, 3.05) is 6.61 Å². The number of hydrogen-bond acceptors (Lipinski definition) is 3. The topological polar surface area (TPSA) is 55.8 Å². The van der Waals surface area contributed by atoms with Crippen LogP contribution in [0.2, 0.25) is 0 Å². The minimum absolute atomic E-state index is 0.0901. The Hall–Kier alpha value is -2.01. The predicted octanol–water partition coefficient (Wildman–Crippen LogP) is 3.53. The van der Waals surface area contributed by atoms with Crippen molar-refractivity contribution < 1.29 is 19.4 Å². The number of halogens is 1. The molecule has 1 unspecified atom stereocenters. The molecule has 1 N–H and O–H groups in total. The predicted molar refractivity (Wildman–Crippen MR) is 81.2 cm³/mol. The van der Waals surface area contributed by atoms with Crippen molar-refractivity contribution >= 4 is 21.9 Å². The number of aromatic carboxylic acids is 1. The third-order valence-electron chi connectivity index (χ3n) is 3.31. The third kappa shape index (κ3) is 3.03. The van der Waals surface area contributed by atoms with Crippen LogP contribution >= 0.6 is 15.9 Å². The highest BCUT2D eigenvalue weighted by Crippen LogP contribution is 2.29. The van der Waals surface area contributed by atoms with Crippen molar-refractivity contribution in [1.29, 1.82) is 0 Å². The molecule has 21 heavy (non-hydrogen) atoms. The molecule has 1 aliphatic heterocycles. The summed E-state index contributed by atoms with van der Waals surface area (Å²) < 4.78 is 12.1. The summed E-state index contributed by atoms with van der Waals surface area (Å²) in [7, 11) is 0. The van der Waals surface area contributed by atoms with Crippen LogP contribution in [0.25, 0.3) is 0 Å². The molecular weight excluding hydrogens is 336 g/mol. The second kappa shape index (κ2) is 5.77. The van der Waals surface area contributed by atoms with Gasteiger partial charge in [-0.1, -0.05) is 34.1 Å². The monoisotopic (exact) mass is 348 g/mol. The van der Waals surface area contributed by atoms with Gasteiger partial charge in [0.05, 0.1) is 0 Å². The van der Waals surface area contributed by atoms with Crippen LogP contribution in [0, 0.1) is 0 Å². The summed E-state index contributed by atoms with van der Waals surface area (Å²) in [4.78, 5) is 11.2. The molecule has 0 aliphatic carbocycles. The van der Waals surface area contributed by atoms with Crippen molar-refractivity contribution in [2.24, 2.45) is 0 Å². The maximum atomic E-state index is 11.2. The molecule has 0 saturated carbocycles. The number of rotatable bonds is 4.